The number of aromatic nitrogens is 3. The average Bonchev–Trinajstić information content (AvgIpc) is 3.04. The zero-order valence-electron chi connectivity index (χ0n) is 13.1. The number of benzene rings is 2. The van der Waals surface area contributed by atoms with E-state index in [0.717, 1.165) is 41.3 Å². The van der Waals surface area contributed by atoms with Gasteiger partial charge in [-0.05, 0) is 48.4 Å². The smallest absolute Gasteiger partial charge is 0.119 e. The van der Waals surface area contributed by atoms with Crippen LogP contribution in [0.15, 0.2) is 54.7 Å². The van der Waals surface area contributed by atoms with Gasteiger partial charge in [0.2, 0.25) is 0 Å². The zero-order chi connectivity index (χ0) is 16.1. The molecule has 0 spiro atoms. The Hall–Kier alpha value is -2.82. The number of nitrogen functional groups attached to an aromatic ring is 1. The van der Waals surface area contributed by atoms with Gasteiger partial charge in [-0.3, -0.25) is 0 Å². The molecule has 0 saturated heterocycles. The molecule has 0 bridgehead atoms. The van der Waals surface area contributed by atoms with Crippen LogP contribution < -0.4 is 10.5 Å². The van der Waals surface area contributed by atoms with E-state index in [-0.39, 0.29) is 0 Å². The predicted octanol–water partition coefficient (Wildman–Crippen LogP) is 3.36. The van der Waals surface area contributed by atoms with Crippen molar-refractivity contribution >= 4 is 5.69 Å². The maximum absolute atomic E-state index is 5.72. The second-order valence-corrected chi connectivity index (χ2v) is 5.39. The maximum atomic E-state index is 5.72. The fourth-order valence-electron chi connectivity index (χ4n) is 2.34. The van der Waals surface area contributed by atoms with Crippen molar-refractivity contribution in [3.05, 3.63) is 60.3 Å². The van der Waals surface area contributed by atoms with E-state index in [1.807, 2.05) is 53.2 Å². The number of ether oxygens (including phenoxy) is 1. The van der Waals surface area contributed by atoms with Crippen molar-refractivity contribution in [3.8, 4) is 17.0 Å². The van der Waals surface area contributed by atoms with Crippen LogP contribution in [0, 0.1) is 0 Å². The summed E-state index contributed by atoms with van der Waals surface area (Å²) in [6, 6.07) is 15.8. The van der Waals surface area contributed by atoms with Gasteiger partial charge in [0.05, 0.1) is 25.0 Å². The van der Waals surface area contributed by atoms with Crippen LogP contribution in [-0.4, -0.2) is 21.6 Å². The van der Waals surface area contributed by atoms with Crippen LogP contribution >= 0.6 is 0 Å². The Morgan fingerprint density at radius 1 is 1.04 bits per heavy atom. The highest BCUT2D eigenvalue weighted by molar-refractivity contribution is 5.59. The summed E-state index contributed by atoms with van der Waals surface area (Å²) in [7, 11) is 0. The first-order chi connectivity index (χ1) is 11.3. The highest BCUT2D eigenvalue weighted by Gasteiger charge is 2.07. The highest BCUT2D eigenvalue weighted by atomic mass is 16.5. The van der Waals surface area contributed by atoms with Crippen LogP contribution in [0.2, 0.25) is 0 Å². The van der Waals surface area contributed by atoms with E-state index in [1.54, 1.807) is 6.20 Å². The molecule has 0 unspecified atom stereocenters. The largest absolute Gasteiger partial charge is 0.494 e. The Kier molecular flexibility index (Phi) is 4.57. The molecule has 5 heteroatoms. The molecule has 0 amide bonds. The van der Waals surface area contributed by atoms with Crippen molar-refractivity contribution in [2.75, 3.05) is 12.3 Å². The third-order valence-electron chi connectivity index (χ3n) is 3.55. The lowest BCUT2D eigenvalue weighted by atomic mass is 10.1. The lowest BCUT2D eigenvalue weighted by molar-refractivity contribution is 0.317. The molecule has 0 fully saturated rings. The van der Waals surface area contributed by atoms with Crippen LogP contribution in [0.5, 0.6) is 5.75 Å². The summed E-state index contributed by atoms with van der Waals surface area (Å²) in [4.78, 5) is 0. The van der Waals surface area contributed by atoms with Gasteiger partial charge in [-0.25, -0.2) is 4.68 Å². The number of rotatable bonds is 6. The predicted molar refractivity (Wildman–Crippen MR) is 91.2 cm³/mol. The standard InChI is InChI=1S/C18H20N4O/c1-2-11-23-17-9-5-15(6-10-17)18-12-20-21-22(18)13-14-3-7-16(19)8-4-14/h3-10,12H,2,11,13,19H2,1H3. The van der Waals surface area contributed by atoms with Crippen molar-refractivity contribution in [2.24, 2.45) is 0 Å². The Labute approximate surface area is 135 Å². The fourth-order valence-corrected chi connectivity index (χ4v) is 2.34. The third kappa shape index (κ3) is 3.69. The summed E-state index contributed by atoms with van der Waals surface area (Å²) in [6.07, 6.45) is 2.78. The monoisotopic (exact) mass is 308 g/mol. The van der Waals surface area contributed by atoms with Gasteiger partial charge >= 0.3 is 0 Å². The van der Waals surface area contributed by atoms with Crippen LogP contribution in [0.3, 0.4) is 0 Å². The van der Waals surface area contributed by atoms with Crippen LogP contribution in [0.25, 0.3) is 11.3 Å². The van der Waals surface area contributed by atoms with Gasteiger partial charge in [0, 0.05) is 11.3 Å². The minimum Gasteiger partial charge on any atom is -0.494 e. The van der Waals surface area contributed by atoms with Crippen molar-refractivity contribution in [1.29, 1.82) is 0 Å². The highest BCUT2D eigenvalue weighted by Crippen LogP contribution is 2.22. The van der Waals surface area contributed by atoms with Gasteiger partial charge in [0.1, 0.15) is 5.75 Å². The minimum atomic E-state index is 0.656. The van der Waals surface area contributed by atoms with Gasteiger partial charge in [-0.1, -0.05) is 24.3 Å². The zero-order valence-corrected chi connectivity index (χ0v) is 13.1. The first-order valence-electron chi connectivity index (χ1n) is 7.72. The Balaban J connectivity index is 1.78. The van der Waals surface area contributed by atoms with E-state index in [1.165, 1.54) is 0 Å². The summed E-state index contributed by atoms with van der Waals surface area (Å²) in [5, 5.41) is 8.23. The molecule has 0 saturated carbocycles. The summed E-state index contributed by atoms with van der Waals surface area (Å²) in [5.74, 6) is 0.883. The van der Waals surface area contributed by atoms with Crippen molar-refractivity contribution in [3.63, 3.8) is 0 Å². The topological polar surface area (TPSA) is 66.0 Å². The van der Waals surface area contributed by atoms with Crippen LogP contribution in [0.1, 0.15) is 18.9 Å². The minimum absolute atomic E-state index is 0.656. The Morgan fingerprint density at radius 3 is 2.48 bits per heavy atom. The molecule has 3 aromatic rings. The van der Waals surface area contributed by atoms with Crippen molar-refractivity contribution in [2.45, 2.75) is 19.9 Å². The lowest BCUT2D eigenvalue weighted by Gasteiger charge is -2.08. The van der Waals surface area contributed by atoms with Gasteiger partial charge in [0.25, 0.3) is 0 Å². The molecule has 0 atom stereocenters. The fraction of sp³-hybridized carbons (Fsp3) is 0.222. The van der Waals surface area contributed by atoms with E-state index < -0.39 is 0 Å². The lowest BCUT2D eigenvalue weighted by Crippen LogP contribution is -2.04. The molecule has 5 nitrogen and oxygen atoms in total. The number of hydrogen-bond donors (Lipinski definition) is 1. The van der Waals surface area contributed by atoms with E-state index in [9.17, 15) is 0 Å². The Bertz CT molecular complexity index is 747. The summed E-state index contributed by atoms with van der Waals surface area (Å²) in [6.45, 7) is 3.48. The third-order valence-corrected chi connectivity index (χ3v) is 3.55. The molecule has 3 rings (SSSR count). The molecular weight excluding hydrogens is 288 g/mol. The summed E-state index contributed by atoms with van der Waals surface area (Å²) < 4.78 is 7.50. The van der Waals surface area contributed by atoms with Crippen molar-refractivity contribution < 1.29 is 4.74 Å². The van der Waals surface area contributed by atoms with Crippen LogP contribution in [-0.2, 0) is 6.54 Å². The quantitative estimate of drug-likeness (QED) is 0.709. The number of nitrogens with two attached hydrogens (primary N) is 1. The molecule has 1 heterocycles. The number of anilines is 1. The van der Waals surface area contributed by atoms with Crippen LogP contribution in [0.4, 0.5) is 5.69 Å². The first kappa shape index (κ1) is 15.1. The van der Waals surface area contributed by atoms with E-state index in [2.05, 4.69) is 17.2 Å². The first-order valence-corrected chi connectivity index (χ1v) is 7.72. The molecular formula is C18H20N4O. The van der Waals surface area contributed by atoms with E-state index in [4.69, 9.17) is 10.5 Å². The normalized spacial score (nSPS) is 10.7. The molecule has 118 valence electrons. The second-order valence-electron chi connectivity index (χ2n) is 5.39. The molecule has 2 aromatic carbocycles. The van der Waals surface area contributed by atoms with E-state index in [0.29, 0.717) is 6.54 Å². The number of nitrogens with zero attached hydrogens (tertiary/aromatic N) is 3. The molecule has 2 N–H and O–H groups in total. The SMILES string of the molecule is CCCOc1ccc(-c2cnnn2Cc2ccc(N)cc2)cc1. The van der Waals surface area contributed by atoms with Gasteiger partial charge < -0.3 is 10.5 Å². The molecule has 23 heavy (non-hydrogen) atoms. The summed E-state index contributed by atoms with van der Waals surface area (Å²) >= 11 is 0. The summed E-state index contributed by atoms with van der Waals surface area (Å²) in [5.41, 5.74) is 9.66. The van der Waals surface area contributed by atoms with Gasteiger partial charge in [-0.2, -0.15) is 0 Å². The average molecular weight is 308 g/mol. The van der Waals surface area contributed by atoms with E-state index >= 15 is 0 Å². The maximum Gasteiger partial charge on any atom is 0.119 e. The molecule has 0 aliphatic heterocycles. The van der Waals surface area contributed by atoms with Gasteiger partial charge in [-0.15, -0.1) is 5.10 Å². The molecule has 1 aromatic heterocycles. The van der Waals surface area contributed by atoms with Gasteiger partial charge in [0.15, 0.2) is 0 Å². The molecule has 0 radical (unpaired) electrons. The molecule has 0 aliphatic rings. The van der Waals surface area contributed by atoms with Crippen molar-refractivity contribution in [1.82, 2.24) is 15.0 Å². The second kappa shape index (κ2) is 6.96. The molecule has 0 aliphatic carbocycles. The number of hydrogen-bond acceptors (Lipinski definition) is 4. The Morgan fingerprint density at radius 2 is 1.78 bits per heavy atom.